The first-order valence-corrected chi connectivity index (χ1v) is 7.91. The number of anilines is 1. The van der Waals surface area contributed by atoms with Gasteiger partial charge in [0.15, 0.2) is 0 Å². The lowest BCUT2D eigenvalue weighted by molar-refractivity contribution is -0.144. The van der Waals surface area contributed by atoms with Gasteiger partial charge in [0.05, 0.1) is 0 Å². The van der Waals surface area contributed by atoms with Crippen molar-refractivity contribution in [1.29, 1.82) is 0 Å². The minimum absolute atomic E-state index is 0.0885. The molecule has 2 aliphatic rings. The first kappa shape index (κ1) is 14.1. The summed E-state index contributed by atoms with van der Waals surface area (Å²) < 4.78 is 0. The number of carbonyl (C=O) groups excluding carboxylic acids is 2. The topological polar surface area (TPSA) is 40.6 Å². The molecule has 0 saturated carbocycles. The molecule has 4 nitrogen and oxygen atoms in total. The van der Waals surface area contributed by atoms with Gasteiger partial charge in [-0.2, -0.15) is 0 Å². The number of aryl methyl sites for hydroxylation is 1. The van der Waals surface area contributed by atoms with Gasteiger partial charge in [-0.1, -0.05) is 31.5 Å². The monoisotopic (exact) mass is 286 g/mol. The third-order valence-corrected chi connectivity index (χ3v) is 4.47. The van der Waals surface area contributed by atoms with Crippen LogP contribution in [0.1, 0.15) is 38.2 Å². The Bertz CT molecular complexity index is 555. The number of piperazine rings is 1. The highest BCUT2D eigenvalue weighted by Crippen LogP contribution is 2.29. The Kier molecular flexibility index (Phi) is 3.95. The van der Waals surface area contributed by atoms with Crippen LogP contribution in [0.25, 0.3) is 0 Å². The van der Waals surface area contributed by atoms with Crippen LogP contribution >= 0.6 is 0 Å². The van der Waals surface area contributed by atoms with E-state index in [9.17, 15) is 9.59 Å². The van der Waals surface area contributed by atoms with E-state index in [4.69, 9.17) is 0 Å². The zero-order valence-electron chi connectivity index (χ0n) is 12.5. The Balaban J connectivity index is 1.92. The molecule has 3 rings (SSSR count). The van der Waals surface area contributed by atoms with Crippen LogP contribution < -0.4 is 4.90 Å². The highest BCUT2D eigenvalue weighted by Gasteiger charge is 2.41. The quantitative estimate of drug-likeness (QED) is 0.856. The van der Waals surface area contributed by atoms with Crippen molar-refractivity contribution in [3.8, 4) is 0 Å². The summed E-state index contributed by atoms with van der Waals surface area (Å²) in [6.07, 6.45) is 4.81. The normalized spacial score (nSPS) is 22.4. The Morgan fingerprint density at radius 3 is 2.81 bits per heavy atom. The van der Waals surface area contributed by atoms with Crippen molar-refractivity contribution in [2.24, 2.45) is 0 Å². The highest BCUT2D eigenvalue weighted by molar-refractivity contribution is 6.07. The number of fused-ring (bicyclic) bond motifs is 1. The largest absolute Gasteiger partial charge is 0.329 e. The number of para-hydroxylation sites is 1. The van der Waals surface area contributed by atoms with E-state index in [1.807, 2.05) is 18.2 Å². The summed E-state index contributed by atoms with van der Waals surface area (Å²) in [4.78, 5) is 28.6. The molecule has 112 valence electrons. The summed E-state index contributed by atoms with van der Waals surface area (Å²) >= 11 is 0. The third-order valence-electron chi connectivity index (χ3n) is 4.47. The molecule has 0 aromatic heterocycles. The SMILES string of the molecule is CCCc1ccccc1N1CC(=O)N2CCCCC2C1=O. The molecular formula is C17H22N2O2. The number of amides is 2. The second kappa shape index (κ2) is 5.88. The van der Waals surface area contributed by atoms with Crippen molar-refractivity contribution in [2.75, 3.05) is 18.0 Å². The van der Waals surface area contributed by atoms with E-state index in [-0.39, 0.29) is 24.4 Å². The summed E-state index contributed by atoms with van der Waals surface area (Å²) in [5.41, 5.74) is 2.08. The minimum atomic E-state index is -0.241. The second-order valence-corrected chi connectivity index (χ2v) is 5.90. The number of carbonyl (C=O) groups is 2. The Hall–Kier alpha value is -1.84. The molecule has 0 spiro atoms. The lowest BCUT2D eigenvalue weighted by Gasteiger charge is -2.43. The number of rotatable bonds is 3. The lowest BCUT2D eigenvalue weighted by Crippen LogP contribution is -2.61. The van der Waals surface area contributed by atoms with Gasteiger partial charge in [-0.3, -0.25) is 9.59 Å². The van der Waals surface area contributed by atoms with Crippen LogP contribution in [0.2, 0.25) is 0 Å². The van der Waals surface area contributed by atoms with Gasteiger partial charge < -0.3 is 9.80 Å². The van der Waals surface area contributed by atoms with Gasteiger partial charge in [0, 0.05) is 12.2 Å². The average molecular weight is 286 g/mol. The molecule has 1 unspecified atom stereocenters. The molecule has 1 aromatic carbocycles. The van der Waals surface area contributed by atoms with Crippen LogP contribution in [0.3, 0.4) is 0 Å². The van der Waals surface area contributed by atoms with Crippen molar-refractivity contribution < 1.29 is 9.59 Å². The summed E-state index contributed by atoms with van der Waals surface area (Å²) in [5.74, 6) is 0.184. The van der Waals surface area contributed by atoms with Crippen molar-refractivity contribution in [2.45, 2.75) is 45.1 Å². The molecule has 2 aliphatic heterocycles. The van der Waals surface area contributed by atoms with Crippen LogP contribution in [-0.2, 0) is 16.0 Å². The summed E-state index contributed by atoms with van der Waals surface area (Å²) in [6.45, 7) is 3.05. The van der Waals surface area contributed by atoms with Gasteiger partial charge in [0.1, 0.15) is 12.6 Å². The van der Waals surface area contributed by atoms with E-state index in [2.05, 4.69) is 13.0 Å². The maximum absolute atomic E-state index is 12.8. The molecule has 0 bridgehead atoms. The van der Waals surface area contributed by atoms with Crippen molar-refractivity contribution in [3.05, 3.63) is 29.8 Å². The molecule has 2 amide bonds. The van der Waals surface area contributed by atoms with Crippen LogP contribution in [0.5, 0.6) is 0 Å². The van der Waals surface area contributed by atoms with Gasteiger partial charge in [-0.05, 0) is 37.3 Å². The zero-order valence-corrected chi connectivity index (χ0v) is 12.5. The number of nitrogens with zero attached hydrogens (tertiary/aromatic N) is 2. The predicted octanol–water partition coefficient (Wildman–Crippen LogP) is 2.37. The van der Waals surface area contributed by atoms with E-state index in [1.165, 1.54) is 0 Å². The zero-order chi connectivity index (χ0) is 14.8. The van der Waals surface area contributed by atoms with E-state index >= 15 is 0 Å². The van der Waals surface area contributed by atoms with Gasteiger partial charge >= 0.3 is 0 Å². The number of hydrogen-bond acceptors (Lipinski definition) is 2. The molecule has 2 saturated heterocycles. The van der Waals surface area contributed by atoms with Crippen LogP contribution in [0, 0.1) is 0 Å². The van der Waals surface area contributed by atoms with Gasteiger partial charge in [0.2, 0.25) is 11.8 Å². The molecule has 2 fully saturated rings. The van der Waals surface area contributed by atoms with Gasteiger partial charge in [0.25, 0.3) is 0 Å². The summed E-state index contributed by atoms with van der Waals surface area (Å²) in [6, 6.07) is 7.73. The molecule has 1 atom stereocenters. The lowest BCUT2D eigenvalue weighted by atomic mass is 9.97. The fourth-order valence-electron chi connectivity index (χ4n) is 3.43. The first-order chi connectivity index (χ1) is 10.2. The van der Waals surface area contributed by atoms with E-state index in [0.717, 1.165) is 49.9 Å². The van der Waals surface area contributed by atoms with Crippen LogP contribution in [-0.4, -0.2) is 35.8 Å². The highest BCUT2D eigenvalue weighted by atomic mass is 16.2. The molecule has 0 aliphatic carbocycles. The van der Waals surface area contributed by atoms with Gasteiger partial charge in [-0.25, -0.2) is 0 Å². The number of benzene rings is 1. The summed E-state index contributed by atoms with van der Waals surface area (Å²) in [7, 11) is 0. The van der Waals surface area contributed by atoms with Crippen LogP contribution in [0.15, 0.2) is 24.3 Å². The molecule has 2 heterocycles. The maximum atomic E-state index is 12.8. The Morgan fingerprint density at radius 1 is 1.19 bits per heavy atom. The second-order valence-electron chi connectivity index (χ2n) is 5.90. The molecule has 0 radical (unpaired) electrons. The molecular weight excluding hydrogens is 264 g/mol. The fourth-order valence-corrected chi connectivity index (χ4v) is 3.43. The number of piperidine rings is 1. The summed E-state index contributed by atoms with van der Waals surface area (Å²) in [5, 5.41) is 0. The third kappa shape index (κ3) is 2.55. The fraction of sp³-hybridized carbons (Fsp3) is 0.529. The Morgan fingerprint density at radius 2 is 2.00 bits per heavy atom. The van der Waals surface area contributed by atoms with E-state index in [1.54, 1.807) is 9.80 Å². The smallest absolute Gasteiger partial charge is 0.250 e. The van der Waals surface area contributed by atoms with E-state index < -0.39 is 0 Å². The van der Waals surface area contributed by atoms with Crippen molar-refractivity contribution >= 4 is 17.5 Å². The molecule has 0 N–H and O–H groups in total. The first-order valence-electron chi connectivity index (χ1n) is 7.91. The molecule has 21 heavy (non-hydrogen) atoms. The van der Waals surface area contributed by atoms with E-state index in [0.29, 0.717) is 0 Å². The average Bonchev–Trinajstić information content (AvgIpc) is 2.52. The minimum Gasteiger partial charge on any atom is -0.329 e. The molecule has 1 aromatic rings. The van der Waals surface area contributed by atoms with Crippen molar-refractivity contribution in [1.82, 2.24) is 4.90 Å². The molecule has 4 heteroatoms. The van der Waals surface area contributed by atoms with Crippen LogP contribution in [0.4, 0.5) is 5.69 Å². The van der Waals surface area contributed by atoms with Crippen molar-refractivity contribution in [3.63, 3.8) is 0 Å². The number of hydrogen-bond donors (Lipinski definition) is 0. The predicted molar refractivity (Wildman–Crippen MR) is 82.1 cm³/mol. The standard InChI is InChI=1S/C17H22N2O2/c1-2-7-13-8-3-4-9-14(13)19-12-16(20)18-11-6-5-10-15(18)17(19)21/h3-4,8-9,15H,2,5-7,10-12H2,1H3. The maximum Gasteiger partial charge on any atom is 0.250 e. The van der Waals surface area contributed by atoms with Gasteiger partial charge in [-0.15, -0.1) is 0 Å². The Labute approximate surface area is 125 Å².